The third-order valence-corrected chi connectivity index (χ3v) is 9.48. The van der Waals surface area contributed by atoms with Gasteiger partial charge in [0.05, 0.1) is 0 Å². The highest BCUT2D eigenvalue weighted by molar-refractivity contribution is 9.10. The monoisotopic (exact) mass is 618 g/mol. The normalized spacial score (nSPS) is 23.9. The molecule has 4 aromatic rings. The molecule has 7 rings (SSSR count). The molecule has 0 radical (unpaired) electrons. The second kappa shape index (κ2) is 7.85. The van der Waals surface area contributed by atoms with Crippen LogP contribution in [-0.2, 0) is 5.41 Å². The molecule has 0 aromatic heterocycles. The Kier molecular flexibility index (Phi) is 5.05. The highest BCUT2D eigenvalue weighted by Crippen LogP contribution is 2.57. The van der Waals surface area contributed by atoms with Gasteiger partial charge in [-0.3, -0.25) is 0 Å². The van der Waals surface area contributed by atoms with Gasteiger partial charge < -0.3 is 20.4 Å². The molecule has 0 amide bonds. The molecule has 4 unspecified atom stereocenters. The first-order chi connectivity index (χ1) is 17.6. The van der Waals surface area contributed by atoms with Crippen LogP contribution in [0.4, 0.5) is 0 Å². The molecule has 4 atom stereocenters. The van der Waals surface area contributed by atoms with Gasteiger partial charge >= 0.3 is 0 Å². The van der Waals surface area contributed by atoms with Crippen LogP contribution in [-0.4, -0.2) is 20.4 Å². The third kappa shape index (κ3) is 3.14. The highest BCUT2D eigenvalue weighted by Gasteiger charge is 2.42. The summed E-state index contributed by atoms with van der Waals surface area (Å²) in [6, 6.07) is 19.9. The summed E-state index contributed by atoms with van der Waals surface area (Å²) in [5.74, 6) is 0. The van der Waals surface area contributed by atoms with E-state index in [1.54, 1.807) is 0 Å². The molecule has 0 fully saturated rings. The van der Waals surface area contributed by atoms with Crippen molar-refractivity contribution in [3.63, 3.8) is 0 Å². The van der Waals surface area contributed by atoms with E-state index in [0.29, 0.717) is 22.3 Å². The van der Waals surface area contributed by atoms with Gasteiger partial charge in [0, 0.05) is 14.4 Å². The van der Waals surface area contributed by atoms with E-state index >= 15 is 0 Å². The Labute approximate surface area is 231 Å². The Morgan fingerprint density at radius 3 is 1.22 bits per heavy atom. The van der Waals surface area contributed by atoms with Crippen molar-refractivity contribution in [2.24, 2.45) is 0 Å². The molecule has 0 spiro atoms. The first-order valence-electron chi connectivity index (χ1n) is 12.3. The van der Waals surface area contributed by atoms with Crippen LogP contribution in [0.2, 0.25) is 0 Å². The van der Waals surface area contributed by atoms with E-state index in [1.807, 2.05) is 48.5 Å². The Hall–Kier alpha value is -2.32. The highest BCUT2D eigenvalue weighted by atomic mass is 79.9. The molecule has 0 saturated carbocycles. The number of rotatable bonds is 0. The molecule has 4 nitrogen and oxygen atoms in total. The van der Waals surface area contributed by atoms with Crippen LogP contribution in [0.1, 0.15) is 71.6 Å². The average Bonchev–Trinajstić information content (AvgIpc) is 3.09. The fraction of sp³-hybridized carbons (Fsp3) is 0.226. The molecule has 6 heteroatoms. The number of fused-ring (bicyclic) bond motifs is 9. The molecule has 3 aliphatic carbocycles. The van der Waals surface area contributed by atoms with Crippen LogP contribution >= 0.6 is 31.9 Å². The van der Waals surface area contributed by atoms with E-state index in [9.17, 15) is 20.4 Å². The van der Waals surface area contributed by atoms with Gasteiger partial charge in [0.1, 0.15) is 24.4 Å². The summed E-state index contributed by atoms with van der Waals surface area (Å²) in [7, 11) is 0. The number of hydrogen-bond donors (Lipinski definition) is 4. The molecule has 0 saturated heterocycles. The van der Waals surface area contributed by atoms with Crippen LogP contribution in [0.15, 0.2) is 69.6 Å². The lowest BCUT2D eigenvalue weighted by molar-refractivity contribution is 0.0157. The van der Waals surface area contributed by atoms with Crippen LogP contribution in [0.25, 0.3) is 33.4 Å². The lowest BCUT2D eigenvalue weighted by Crippen LogP contribution is -2.20. The van der Waals surface area contributed by atoms with Gasteiger partial charge in [-0.1, -0.05) is 57.8 Å². The van der Waals surface area contributed by atoms with E-state index in [0.717, 1.165) is 53.5 Å². The molecule has 37 heavy (non-hydrogen) atoms. The van der Waals surface area contributed by atoms with Gasteiger partial charge in [0.15, 0.2) is 0 Å². The Morgan fingerprint density at radius 1 is 0.486 bits per heavy atom. The van der Waals surface area contributed by atoms with Crippen molar-refractivity contribution < 1.29 is 20.4 Å². The number of aliphatic hydroxyl groups is 4. The summed E-state index contributed by atoms with van der Waals surface area (Å²) < 4.78 is 1.71. The summed E-state index contributed by atoms with van der Waals surface area (Å²) in [5, 5.41) is 44.2. The van der Waals surface area contributed by atoms with Gasteiger partial charge in [-0.25, -0.2) is 0 Å². The van der Waals surface area contributed by atoms with Gasteiger partial charge in [-0.2, -0.15) is 0 Å². The molecule has 0 bridgehead atoms. The van der Waals surface area contributed by atoms with Crippen LogP contribution in [0, 0.1) is 0 Å². The van der Waals surface area contributed by atoms with Crippen molar-refractivity contribution in [2.75, 3.05) is 0 Å². The molecule has 0 aliphatic heterocycles. The van der Waals surface area contributed by atoms with Crippen molar-refractivity contribution in [3.05, 3.63) is 103 Å². The maximum Gasteiger partial charge on any atom is 0.110 e. The van der Waals surface area contributed by atoms with Gasteiger partial charge in [-0.05, 0) is 115 Å². The van der Waals surface area contributed by atoms with Gasteiger partial charge in [0.25, 0.3) is 0 Å². The number of halogens is 2. The van der Waals surface area contributed by atoms with Crippen molar-refractivity contribution in [3.8, 4) is 33.4 Å². The lowest BCUT2D eigenvalue weighted by atomic mass is 9.76. The van der Waals surface area contributed by atoms with Crippen LogP contribution < -0.4 is 0 Å². The zero-order chi connectivity index (χ0) is 26.0. The predicted octanol–water partition coefficient (Wildman–Crippen LogP) is 7.01. The molecule has 0 heterocycles. The zero-order valence-electron chi connectivity index (χ0n) is 20.1. The Bertz CT molecular complexity index is 1540. The molecule has 3 aliphatic rings. The van der Waals surface area contributed by atoms with Gasteiger partial charge in [0.2, 0.25) is 0 Å². The van der Waals surface area contributed by atoms with Crippen molar-refractivity contribution in [1.82, 2.24) is 0 Å². The molecule has 4 N–H and O–H groups in total. The number of hydrogen-bond acceptors (Lipinski definition) is 4. The smallest absolute Gasteiger partial charge is 0.110 e. The first-order valence-corrected chi connectivity index (χ1v) is 13.9. The molecule has 4 aromatic carbocycles. The minimum absolute atomic E-state index is 0.332. The van der Waals surface area contributed by atoms with E-state index in [-0.39, 0.29) is 5.41 Å². The fourth-order valence-electron chi connectivity index (χ4n) is 6.54. The standard InChI is InChI=1S/C31H24Br2O4/c1-31(2)25-11-17-15-5-3-13(32)7-21(15)27(34)29(36)23(17)9-19(25)20-10-24-18(12-26(20)31)16-6-4-14(33)8-22(16)28(35)30(24)37/h3-12,27-30,34-37H,1-2H3. The van der Waals surface area contributed by atoms with Gasteiger partial charge in [-0.15, -0.1) is 0 Å². The van der Waals surface area contributed by atoms with Crippen LogP contribution in [0.5, 0.6) is 0 Å². The first kappa shape index (κ1) is 23.8. The largest absolute Gasteiger partial charge is 0.385 e. The summed E-state index contributed by atoms with van der Waals surface area (Å²) >= 11 is 6.98. The van der Waals surface area contributed by atoms with E-state index in [4.69, 9.17) is 0 Å². The fourth-order valence-corrected chi connectivity index (χ4v) is 7.30. The Balaban J connectivity index is 1.48. The van der Waals surface area contributed by atoms with Crippen molar-refractivity contribution >= 4 is 31.9 Å². The summed E-state index contributed by atoms with van der Waals surface area (Å²) in [4.78, 5) is 0. The number of benzene rings is 4. The maximum absolute atomic E-state index is 11.1. The van der Waals surface area contributed by atoms with E-state index in [1.165, 1.54) is 0 Å². The maximum atomic E-state index is 11.1. The van der Waals surface area contributed by atoms with Crippen LogP contribution in [0.3, 0.4) is 0 Å². The Morgan fingerprint density at radius 2 is 0.838 bits per heavy atom. The lowest BCUT2D eigenvalue weighted by Gasteiger charge is -2.31. The third-order valence-electron chi connectivity index (χ3n) is 8.50. The average molecular weight is 620 g/mol. The topological polar surface area (TPSA) is 80.9 Å². The summed E-state index contributed by atoms with van der Waals surface area (Å²) in [6.45, 7) is 4.40. The second-order valence-electron chi connectivity index (χ2n) is 10.8. The van der Waals surface area contributed by atoms with Crippen molar-refractivity contribution in [2.45, 2.75) is 43.7 Å². The summed E-state index contributed by atoms with van der Waals surface area (Å²) in [6.07, 6.45) is -4.15. The predicted molar refractivity (Wildman–Crippen MR) is 150 cm³/mol. The minimum atomic E-state index is -1.05. The summed E-state index contributed by atoms with van der Waals surface area (Å²) in [5.41, 5.74) is 10.4. The molecular formula is C31H24Br2O4. The van der Waals surface area contributed by atoms with Crippen molar-refractivity contribution in [1.29, 1.82) is 0 Å². The number of aliphatic hydroxyl groups excluding tert-OH is 4. The van der Waals surface area contributed by atoms with E-state index < -0.39 is 24.4 Å². The zero-order valence-corrected chi connectivity index (χ0v) is 23.3. The minimum Gasteiger partial charge on any atom is -0.385 e. The molecule has 186 valence electrons. The second-order valence-corrected chi connectivity index (χ2v) is 12.7. The SMILES string of the molecule is CC1(C)c2cc3c(cc2-c2cc4c(cc21)-c1ccc(Br)cc1C(O)C4O)C(O)C(O)c1cc(Br)ccc1-3. The molecular weight excluding hydrogens is 596 g/mol. The quantitative estimate of drug-likeness (QED) is 0.171. The van der Waals surface area contributed by atoms with E-state index in [2.05, 4.69) is 57.8 Å².